The molecule has 2 unspecified atom stereocenters. The molecule has 4 nitrogen and oxygen atoms in total. The van der Waals surface area contributed by atoms with Gasteiger partial charge in [-0.1, -0.05) is 6.92 Å². The van der Waals surface area contributed by atoms with Gasteiger partial charge in [0, 0.05) is 6.04 Å². The molecule has 0 aromatic heterocycles. The lowest BCUT2D eigenvalue weighted by Crippen LogP contribution is -2.28. The van der Waals surface area contributed by atoms with Gasteiger partial charge in [-0.15, -0.1) is 0 Å². The first-order chi connectivity index (χ1) is 5.09. The number of hydrogen-bond acceptors (Lipinski definition) is 2. The molecular formula is C7H11NO3. The van der Waals surface area contributed by atoms with Gasteiger partial charge in [0.15, 0.2) is 0 Å². The topological polar surface area (TPSA) is 66.4 Å². The zero-order valence-corrected chi connectivity index (χ0v) is 6.33. The van der Waals surface area contributed by atoms with E-state index in [2.05, 4.69) is 5.32 Å². The molecular weight excluding hydrogens is 146 g/mol. The molecule has 1 fully saturated rings. The molecule has 1 saturated carbocycles. The Morgan fingerprint density at radius 3 is 2.55 bits per heavy atom. The molecule has 0 heterocycles. The van der Waals surface area contributed by atoms with Crippen molar-refractivity contribution in [2.24, 2.45) is 5.92 Å². The molecule has 0 spiro atoms. The Bertz CT molecular complexity index is 190. The molecule has 62 valence electrons. The van der Waals surface area contributed by atoms with Crippen LogP contribution in [0.15, 0.2) is 0 Å². The molecule has 2 atom stereocenters. The number of carboxylic acid groups (broad SMARTS) is 1. The van der Waals surface area contributed by atoms with Gasteiger partial charge in [-0.25, -0.2) is 0 Å². The minimum atomic E-state index is -1.07. The number of nitrogens with one attached hydrogen (secondary N) is 1. The minimum absolute atomic E-state index is 0.224. The maximum absolute atomic E-state index is 10.8. The second-order valence-corrected chi connectivity index (χ2v) is 2.96. The van der Waals surface area contributed by atoms with Crippen molar-refractivity contribution < 1.29 is 14.7 Å². The summed E-state index contributed by atoms with van der Waals surface area (Å²) < 4.78 is 0. The number of hydrogen-bond donors (Lipinski definition) is 2. The van der Waals surface area contributed by atoms with Gasteiger partial charge in [0.05, 0.1) is 0 Å². The Morgan fingerprint density at radius 1 is 1.64 bits per heavy atom. The quantitative estimate of drug-likeness (QED) is 0.566. The lowest BCUT2D eigenvalue weighted by Gasteiger charge is -1.99. The Labute approximate surface area is 64.6 Å². The normalized spacial score (nSPS) is 27.7. The zero-order chi connectivity index (χ0) is 8.43. The van der Waals surface area contributed by atoms with Crippen LogP contribution in [0.5, 0.6) is 0 Å². The summed E-state index contributed by atoms with van der Waals surface area (Å²) in [5.74, 6) is -0.935. The zero-order valence-electron chi connectivity index (χ0n) is 6.33. The van der Waals surface area contributed by atoms with Crippen LogP contribution in [-0.2, 0) is 9.59 Å². The first-order valence-electron chi connectivity index (χ1n) is 3.60. The lowest BCUT2D eigenvalue weighted by atomic mass is 10.4. The van der Waals surface area contributed by atoms with E-state index in [1.165, 1.54) is 0 Å². The summed E-state index contributed by atoms with van der Waals surface area (Å²) in [4.78, 5) is 20.8. The van der Waals surface area contributed by atoms with Crippen LogP contribution < -0.4 is 5.32 Å². The molecule has 2 N–H and O–H groups in total. The highest BCUT2D eigenvalue weighted by atomic mass is 16.4. The Kier molecular flexibility index (Phi) is 2.12. The van der Waals surface area contributed by atoms with E-state index in [0.29, 0.717) is 5.92 Å². The molecule has 0 saturated heterocycles. The van der Waals surface area contributed by atoms with Gasteiger partial charge in [0.1, 0.15) is 6.42 Å². The molecule has 0 aromatic rings. The summed E-state index contributed by atoms with van der Waals surface area (Å²) in [6.07, 6.45) is 0.564. The number of aliphatic carboxylic acids is 1. The van der Waals surface area contributed by atoms with E-state index < -0.39 is 12.4 Å². The monoisotopic (exact) mass is 157 g/mol. The summed E-state index contributed by atoms with van der Waals surface area (Å²) >= 11 is 0. The van der Waals surface area contributed by atoms with Crippen LogP contribution >= 0.6 is 0 Å². The summed E-state index contributed by atoms with van der Waals surface area (Å²) in [6.45, 7) is 2.02. The largest absolute Gasteiger partial charge is 0.481 e. The predicted octanol–water partition coefficient (Wildman–Crippen LogP) is -0.0143. The van der Waals surface area contributed by atoms with Crippen molar-refractivity contribution in [3.8, 4) is 0 Å². The van der Waals surface area contributed by atoms with Crippen molar-refractivity contribution in [1.82, 2.24) is 5.32 Å². The summed E-state index contributed by atoms with van der Waals surface area (Å²) in [5.41, 5.74) is 0. The Morgan fingerprint density at radius 2 is 2.18 bits per heavy atom. The van der Waals surface area contributed by atoms with Gasteiger partial charge in [-0.05, 0) is 12.3 Å². The first-order valence-corrected chi connectivity index (χ1v) is 3.60. The second-order valence-electron chi connectivity index (χ2n) is 2.96. The van der Waals surface area contributed by atoms with Crippen LogP contribution in [0.2, 0.25) is 0 Å². The van der Waals surface area contributed by atoms with Crippen molar-refractivity contribution >= 4 is 11.9 Å². The van der Waals surface area contributed by atoms with Gasteiger partial charge in [-0.3, -0.25) is 9.59 Å². The van der Waals surface area contributed by atoms with E-state index in [0.717, 1.165) is 6.42 Å². The molecule has 0 bridgehead atoms. The number of rotatable bonds is 3. The molecule has 1 aliphatic rings. The molecule has 1 aliphatic carbocycles. The molecule has 1 rings (SSSR count). The Hall–Kier alpha value is -1.06. The van der Waals surface area contributed by atoms with E-state index in [1.54, 1.807) is 0 Å². The summed E-state index contributed by atoms with van der Waals surface area (Å²) in [5, 5.41) is 10.8. The molecule has 11 heavy (non-hydrogen) atoms. The van der Waals surface area contributed by atoms with Crippen LogP contribution in [0, 0.1) is 5.92 Å². The van der Waals surface area contributed by atoms with Gasteiger partial charge >= 0.3 is 5.97 Å². The fourth-order valence-electron chi connectivity index (χ4n) is 0.918. The van der Waals surface area contributed by atoms with Crippen molar-refractivity contribution in [3.05, 3.63) is 0 Å². The smallest absolute Gasteiger partial charge is 0.312 e. The average molecular weight is 157 g/mol. The van der Waals surface area contributed by atoms with E-state index in [-0.39, 0.29) is 11.9 Å². The van der Waals surface area contributed by atoms with Crippen LogP contribution in [0.4, 0.5) is 0 Å². The third-order valence-electron chi connectivity index (χ3n) is 1.77. The maximum atomic E-state index is 10.8. The molecule has 1 amide bonds. The van der Waals surface area contributed by atoms with E-state index >= 15 is 0 Å². The minimum Gasteiger partial charge on any atom is -0.481 e. The highest BCUT2D eigenvalue weighted by molar-refractivity contribution is 5.93. The number of carbonyl (C=O) groups excluding carboxylic acids is 1. The molecule has 0 aliphatic heterocycles. The fourth-order valence-corrected chi connectivity index (χ4v) is 0.918. The summed E-state index contributed by atoms with van der Waals surface area (Å²) in [7, 11) is 0. The standard InChI is InChI=1S/C7H11NO3/c1-4-2-5(4)8-6(9)3-7(10)11/h4-5H,2-3H2,1H3,(H,8,9)(H,10,11). The van der Waals surface area contributed by atoms with E-state index in [4.69, 9.17) is 5.11 Å². The van der Waals surface area contributed by atoms with Gasteiger partial charge < -0.3 is 10.4 Å². The second kappa shape index (κ2) is 2.90. The number of carboxylic acids is 1. The van der Waals surface area contributed by atoms with Crippen LogP contribution in [0.3, 0.4) is 0 Å². The summed E-state index contributed by atoms with van der Waals surface area (Å²) in [6, 6.07) is 0.224. The molecule has 4 heteroatoms. The highest BCUT2D eigenvalue weighted by Crippen LogP contribution is 2.28. The van der Waals surface area contributed by atoms with Crippen molar-refractivity contribution in [3.63, 3.8) is 0 Å². The SMILES string of the molecule is CC1CC1NC(=O)CC(=O)O. The number of carbonyl (C=O) groups is 2. The molecule has 0 radical (unpaired) electrons. The van der Waals surface area contributed by atoms with Crippen molar-refractivity contribution in [2.45, 2.75) is 25.8 Å². The van der Waals surface area contributed by atoms with Crippen molar-refractivity contribution in [1.29, 1.82) is 0 Å². The Balaban J connectivity index is 2.16. The maximum Gasteiger partial charge on any atom is 0.312 e. The first kappa shape index (κ1) is 8.04. The third kappa shape index (κ3) is 2.57. The van der Waals surface area contributed by atoms with Crippen LogP contribution in [0.25, 0.3) is 0 Å². The van der Waals surface area contributed by atoms with Gasteiger partial charge in [-0.2, -0.15) is 0 Å². The van der Waals surface area contributed by atoms with Crippen LogP contribution in [-0.4, -0.2) is 23.0 Å². The van der Waals surface area contributed by atoms with E-state index in [9.17, 15) is 9.59 Å². The van der Waals surface area contributed by atoms with E-state index in [1.807, 2.05) is 6.92 Å². The average Bonchev–Trinajstić information content (AvgIpc) is 2.43. The molecule has 0 aromatic carbocycles. The van der Waals surface area contributed by atoms with Gasteiger partial charge in [0.2, 0.25) is 5.91 Å². The van der Waals surface area contributed by atoms with Gasteiger partial charge in [0.25, 0.3) is 0 Å². The number of amides is 1. The van der Waals surface area contributed by atoms with Crippen molar-refractivity contribution in [2.75, 3.05) is 0 Å². The fraction of sp³-hybridized carbons (Fsp3) is 0.714. The van der Waals surface area contributed by atoms with Crippen LogP contribution in [0.1, 0.15) is 19.8 Å². The third-order valence-corrected chi connectivity index (χ3v) is 1.77. The predicted molar refractivity (Wildman–Crippen MR) is 38.0 cm³/mol. The highest BCUT2D eigenvalue weighted by Gasteiger charge is 2.33. The lowest BCUT2D eigenvalue weighted by molar-refractivity contribution is -0.140.